The monoisotopic (exact) mass is 402 g/mol. The second kappa shape index (κ2) is 8.48. The Hall–Kier alpha value is -3.47. The Bertz CT molecular complexity index is 986. The van der Waals surface area contributed by atoms with Crippen LogP contribution in [0, 0.1) is 6.92 Å². The van der Waals surface area contributed by atoms with E-state index in [0.29, 0.717) is 28.0 Å². The summed E-state index contributed by atoms with van der Waals surface area (Å²) in [6.45, 7) is 1.57. The number of thiazole rings is 1. The largest absolute Gasteiger partial charge is 0.497 e. The van der Waals surface area contributed by atoms with Crippen molar-refractivity contribution in [2.75, 3.05) is 24.9 Å². The standard InChI is InChI=1S/C17H18N6O4S/c1-10-15(16(25)19-12-8-11(26-2)4-5-13(12)27-3)21-22-23(10)9-14(24)20-17-18-6-7-28-17/h4-8H,9H2,1-3H3,(H,19,25)(H,18,20,24). The zero-order valence-electron chi connectivity index (χ0n) is 15.4. The second-order valence-corrected chi connectivity index (χ2v) is 6.48. The van der Waals surface area contributed by atoms with Crippen LogP contribution in [0.25, 0.3) is 0 Å². The van der Waals surface area contributed by atoms with Gasteiger partial charge in [0, 0.05) is 17.6 Å². The van der Waals surface area contributed by atoms with Gasteiger partial charge in [-0.3, -0.25) is 9.59 Å². The van der Waals surface area contributed by atoms with Crippen molar-refractivity contribution in [2.45, 2.75) is 13.5 Å². The molecule has 10 nitrogen and oxygen atoms in total. The van der Waals surface area contributed by atoms with Crippen LogP contribution in [0.5, 0.6) is 11.5 Å². The molecule has 0 saturated heterocycles. The molecule has 0 atom stereocenters. The third-order valence-electron chi connectivity index (χ3n) is 3.82. The lowest BCUT2D eigenvalue weighted by Gasteiger charge is -2.11. The minimum atomic E-state index is -0.476. The van der Waals surface area contributed by atoms with E-state index in [2.05, 4.69) is 25.9 Å². The van der Waals surface area contributed by atoms with Gasteiger partial charge in [-0.2, -0.15) is 0 Å². The van der Waals surface area contributed by atoms with E-state index in [9.17, 15) is 9.59 Å². The zero-order chi connectivity index (χ0) is 20.1. The molecule has 2 heterocycles. The molecule has 0 aliphatic carbocycles. The van der Waals surface area contributed by atoms with E-state index >= 15 is 0 Å². The first kappa shape index (κ1) is 19.3. The van der Waals surface area contributed by atoms with Gasteiger partial charge in [0.05, 0.1) is 25.6 Å². The highest BCUT2D eigenvalue weighted by Gasteiger charge is 2.20. The van der Waals surface area contributed by atoms with Gasteiger partial charge in [-0.05, 0) is 19.1 Å². The fourth-order valence-electron chi connectivity index (χ4n) is 2.39. The van der Waals surface area contributed by atoms with Crippen LogP contribution in [-0.4, -0.2) is 46.0 Å². The van der Waals surface area contributed by atoms with Crippen molar-refractivity contribution in [1.29, 1.82) is 0 Å². The normalized spacial score (nSPS) is 10.4. The maximum atomic E-state index is 12.6. The maximum Gasteiger partial charge on any atom is 0.278 e. The zero-order valence-corrected chi connectivity index (χ0v) is 16.2. The molecule has 0 bridgehead atoms. The first-order chi connectivity index (χ1) is 13.5. The molecule has 3 rings (SSSR count). The first-order valence-corrected chi connectivity index (χ1v) is 9.02. The minimum Gasteiger partial charge on any atom is -0.497 e. The number of carbonyl (C=O) groups excluding carboxylic acids is 2. The van der Waals surface area contributed by atoms with Crippen LogP contribution in [0.2, 0.25) is 0 Å². The van der Waals surface area contributed by atoms with E-state index in [1.165, 1.54) is 30.2 Å². The third kappa shape index (κ3) is 4.26. The fraction of sp³-hybridized carbons (Fsp3) is 0.235. The average Bonchev–Trinajstić information content (AvgIpc) is 3.32. The van der Waals surface area contributed by atoms with Crippen LogP contribution < -0.4 is 20.1 Å². The molecule has 28 heavy (non-hydrogen) atoms. The summed E-state index contributed by atoms with van der Waals surface area (Å²) >= 11 is 1.31. The van der Waals surface area contributed by atoms with Crippen LogP contribution in [-0.2, 0) is 11.3 Å². The van der Waals surface area contributed by atoms with Gasteiger partial charge in [-0.15, -0.1) is 16.4 Å². The molecule has 3 aromatic rings. The van der Waals surface area contributed by atoms with E-state index in [1.54, 1.807) is 36.7 Å². The summed E-state index contributed by atoms with van der Waals surface area (Å²) in [5, 5.41) is 15.4. The lowest BCUT2D eigenvalue weighted by Crippen LogP contribution is -2.21. The van der Waals surface area contributed by atoms with Crippen molar-refractivity contribution in [1.82, 2.24) is 20.0 Å². The molecule has 146 valence electrons. The van der Waals surface area contributed by atoms with Crippen LogP contribution in [0.15, 0.2) is 29.8 Å². The van der Waals surface area contributed by atoms with E-state index in [1.807, 2.05) is 0 Å². The van der Waals surface area contributed by atoms with Crippen molar-refractivity contribution in [2.24, 2.45) is 0 Å². The Labute approximate surface area is 164 Å². The van der Waals surface area contributed by atoms with Crippen LogP contribution in [0.3, 0.4) is 0 Å². The molecule has 2 aromatic heterocycles. The number of rotatable bonds is 7. The van der Waals surface area contributed by atoms with Crippen molar-refractivity contribution in [3.63, 3.8) is 0 Å². The molecule has 0 fully saturated rings. The number of anilines is 2. The summed E-state index contributed by atoms with van der Waals surface area (Å²) in [6, 6.07) is 5.04. The Morgan fingerprint density at radius 2 is 2.04 bits per heavy atom. The third-order valence-corrected chi connectivity index (χ3v) is 4.51. The van der Waals surface area contributed by atoms with Crippen LogP contribution in [0.1, 0.15) is 16.2 Å². The number of amides is 2. The predicted molar refractivity (Wildman–Crippen MR) is 103 cm³/mol. The van der Waals surface area contributed by atoms with Gasteiger partial charge in [-0.25, -0.2) is 9.67 Å². The summed E-state index contributed by atoms with van der Waals surface area (Å²) in [5.74, 6) is 0.248. The van der Waals surface area contributed by atoms with Gasteiger partial charge < -0.3 is 20.1 Å². The summed E-state index contributed by atoms with van der Waals surface area (Å²) in [6.07, 6.45) is 1.59. The summed E-state index contributed by atoms with van der Waals surface area (Å²) < 4.78 is 11.8. The molecule has 0 unspecified atom stereocenters. The van der Waals surface area contributed by atoms with E-state index < -0.39 is 5.91 Å². The van der Waals surface area contributed by atoms with Crippen LogP contribution in [0.4, 0.5) is 10.8 Å². The second-order valence-electron chi connectivity index (χ2n) is 5.59. The molecule has 0 aliphatic heterocycles. The number of ether oxygens (including phenoxy) is 2. The predicted octanol–water partition coefficient (Wildman–Crippen LogP) is 1.95. The van der Waals surface area contributed by atoms with Crippen molar-refractivity contribution >= 4 is 34.0 Å². The topological polar surface area (TPSA) is 120 Å². The van der Waals surface area contributed by atoms with Crippen molar-refractivity contribution in [3.05, 3.63) is 41.2 Å². The quantitative estimate of drug-likeness (QED) is 0.620. The number of carbonyl (C=O) groups is 2. The summed E-state index contributed by atoms with van der Waals surface area (Å²) in [4.78, 5) is 28.7. The Kier molecular flexibility index (Phi) is 5.84. The van der Waals surface area contributed by atoms with Gasteiger partial charge in [0.2, 0.25) is 5.91 Å². The molecule has 0 aliphatic rings. The molecule has 0 spiro atoms. The number of benzene rings is 1. The number of aromatic nitrogens is 4. The molecular weight excluding hydrogens is 384 g/mol. The highest BCUT2D eigenvalue weighted by atomic mass is 32.1. The first-order valence-electron chi connectivity index (χ1n) is 8.14. The molecule has 0 saturated carbocycles. The molecule has 2 amide bonds. The number of methoxy groups -OCH3 is 2. The average molecular weight is 402 g/mol. The Morgan fingerprint density at radius 3 is 2.71 bits per heavy atom. The smallest absolute Gasteiger partial charge is 0.278 e. The molecule has 1 aromatic carbocycles. The number of hydrogen-bond donors (Lipinski definition) is 2. The van der Waals surface area contributed by atoms with Crippen molar-refractivity contribution < 1.29 is 19.1 Å². The number of nitrogens with zero attached hydrogens (tertiary/aromatic N) is 4. The van der Waals surface area contributed by atoms with Crippen LogP contribution >= 0.6 is 11.3 Å². The molecule has 2 N–H and O–H groups in total. The van der Waals surface area contributed by atoms with E-state index in [4.69, 9.17) is 9.47 Å². The Balaban J connectivity index is 1.72. The molecule has 0 radical (unpaired) electrons. The maximum absolute atomic E-state index is 12.6. The van der Waals surface area contributed by atoms with Gasteiger partial charge in [0.15, 0.2) is 10.8 Å². The molecular formula is C17H18N6O4S. The lowest BCUT2D eigenvalue weighted by molar-refractivity contribution is -0.117. The van der Waals surface area contributed by atoms with Gasteiger partial charge in [-0.1, -0.05) is 5.21 Å². The fourth-order valence-corrected chi connectivity index (χ4v) is 2.94. The highest BCUT2D eigenvalue weighted by molar-refractivity contribution is 7.13. The van der Waals surface area contributed by atoms with E-state index in [-0.39, 0.29) is 18.1 Å². The Morgan fingerprint density at radius 1 is 1.21 bits per heavy atom. The minimum absolute atomic E-state index is 0.0891. The van der Waals surface area contributed by atoms with Crippen molar-refractivity contribution in [3.8, 4) is 11.5 Å². The number of hydrogen-bond acceptors (Lipinski definition) is 8. The number of nitrogens with one attached hydrogen (secondary N) is 2. The molecule has 11 heteroatoms. The highest BCUT2D eigenvalue weighted by Crippen LogP contribution is 2.29. The van der Waals surface area contributed by atoms with Gasteiger partial charge in [0.25, 0.3) is 5.91 Å². The summed E-state index contributed by atoms with van der Waals surface area (Å²) in [5.41, 5.74) is 0.989. The lowest BCUT2D eigenvalue weighted by atomic mass is 10.2. The summed E-state index contributed by atoms with van der Waals surface area (Å²) in [7, 11) is 3.03. The van der Waals surface area contributed by atoms with Gasteiger partial charge >= 0.3 is 0 Å². The van der Waals surface area contributed by atoms with E-state index in [0.717, 1.165) is 0 Å². The SMILES string of the molecule is COc1ccc(OC)c(NC(=O)c2nnn(CC(=O)Nc3nccs3)c2C)c1. The van der Waals surface area contributed by atoms with Gasteiger partial charge in [0.1, 0.15) is 18.0 Å².